The molecule has 0 radical (unpaired) electrons. The molecule has 0 saturated heterocycles. The summed E-state index contributed by atoms with van der Waals surface area (Å²) in [7, 11) is 5.36. The van der Waals surface area contributed by atoms with Crippen molar-refractivity contribution in [2.75, 3.05) is 39.9 Å². The maximum Gasteiger partial charge on any atom is 2.00 e. The number of ether oxygens (including phenoxy) is 4. The van der Waals surface area contributed by atoms with Crippen molar-refractivity contribution in [1.29, 1.82) is 0 Å². The van der Waals surface area contributed by atoms with Gasteiger partial charge < -0.3 is 59.4 Å². The summed E-state index contributed by atoms with van der Waals surface area (Å²) < 4.78 is 132. The van der Waals surface area contributed by atoms with Crippen LogP contribution >= 0.6 is 0 Å². The fourth-order valence-electron chi connectivity index (χ4n) is 5.74. The molecule has 0 aromatic carbocycles. The number of hydrogen-bond donors (Lipinski definition) is 3. The summed E-state index contributed by atoms with van der Waals surface area (Å²) in [6.45, 7) is 7.16. The van der Waals surface area contributed by atoms with E-state index >= 15 is 0 Å². The molecular weight excluding hydrogens is 976 g/mol. The summed E-state index contributed by atoms with van der Waals surface area (Å²) in [6, 6.07) is 6.87. The van der Waals surface area contributed by atoms with Gasteiger partial charge in [0.05, 0.1) is 34.0 Å². The van der Waals surface area contributed by atoms with E-state index in [2.05, 4.69) is 31.6 Å². The van der Waals surface area contributed by atoms with Crippen molar-refractivity contribution in [3.8, 4) is 23.5 Å². The molecule has 2 fully saturated rings. The number of methoxy groups -OCH3 is 4. The van der Waals surface area contributed by atoms with Crippen LogP contribution in [0.4, 0.5) is 50.9 Å². The van der Waals surface area contributed by atoms with E-state index in [1.807, 2.05) is 19.1 Å². The summed E-state index contributed by atoms with van der Waals surface area (Å²) in [5.41, 5.74) is 6.98. The number of carbonyl (C=O) groups is 2. The Hall–Kier alpha value is -4.68. The molecule has 4 heterocycles. The van der Waals surface area contributed by atoms with Crippen LogP contribution in [0.2, 0.25) is 0 Å². The monoisotopic (exact) mass is 1020 g/mol. The minimum atomic E-state index is -4.96. The number of aryl methyl sites for hydroxylation is 1. The second kappa shape index (κ2) is 27.2. The van der Waals surface area contributed by atoms with Crippen LogP contribution in [0.3, 0.4) is 0 Å². The predicted molar refractivity (Wildman–Crippen MR) is 223 cm³/mol. The van der Waals surface area contributed by atoms with E-state index < -0.39 is 52.5 Å². The number of rotatable bonds is 9. The van der Waals surface area contributed by atoms with Crippen molar-refractivity contribution in [2.45, 2.75) is 82.9 Å². The first kappa shape index (κ1) is 61.3. The van der Waals surface area contributed by atoms with E-state index in [-0.39, 0.29) is 86.8 Å². The molecule has 0 bridgehead atoms. The van der Waals surface area contributed by atoms with E-state index in [4.69, 9.17) is 25.7 Å². The average Bonchev–Trinajstić information content (AvgIpc) is 3.21. The van der Waals surface area contributed by atoms with Gasteiger partial charge in [-0.15, -0.1) is 0 Å². The fraction of sp³-hybridized carbons (Fsp3) is 0.452. The van der Waals surface area contributed by atoms with Crippen LogP contribution in [-0.2, 0) is 5.60 Å². The molecule has 13 nitrogen and oxygen atoms in total. The standard InChI is InChI=1S/C13H17F3N2O2.C9H8F3NO2.C8H7F3N2O2.C7H9NO.C5H9.BrH.Mg/c1-20-11-10(17)9(5-6-18-11)12(19,13(14,15)16)7-8-3-2-4-8;1-5-6(7(14)9(10,11)12)3-4-13-8(5)15-2;1-15-7-5(12)4(2-3-13-7)6(14)8(9,10)11;1-6-4-3-5-8-7(6)9-2;1-5-3-2-4-5;;/h5-6,8,19H,2-4,7,17H2,1H3;3-4H,1-2H3;2-3H,12H2,1H3;3-5H,1-2H3;5H,1-4H2;1H;/q;;;;-1;;+2/p-1. The molecule has 1 atom stereocenters. The molecule has 0 aliphatic heterocycles. The molecule has 0 amide bonds. The molecule has 66 heavy (non-hydrogen) atoms. The molecule has 4 aromatic rings. The van der Waals surface area contributed by atoms with Crippen molar-refractivity contribution < 1.29 is 90.1 Å². The van der Waals surface area contributed by atoms with Gasteiger partial charge in [-0.3, -0.25) is 9.59 Å². The van der Waals surface area contributed by atoms with Crippen LogP contribution in [0.1, 0.15) is 82.4 Å². The summed E-state index contributed by atoms with van der Waals surface area (Å²) >= 11 is 0. The third kappa shape index (κ3) is 17.2. The fourth-order valence-corrected chi connectivity index (χ4v) is 5.74. The predicted octanol–water partition coefficient (Wildman–Crippen LogP) is 5.82. The number of pyridine rings is 4. The quantitative estimate of drug-likeness (QED) is 0.0787. The topological polar surface area (TPSA) is 195 Å². The van der Waals surface area contributed by atoms with Crippen LogP contribution in [0.15, 0.2) is 55.1 Å². The van der Waals surface area contributed by atoms with Crippen LogP contribution in [0, 0.1) is 32.6 Å². The SMILES string of the molecule is COc1nccc(C(=O)C(F)(F)F)c1C.COc1nccc(C(=O)C(F)(F)F)c1N.COc1nccc(C(O)(CC2CCC2)C(F)(F)F)c1N.COc1ncccc1C.[Br-].[CH2-]C1CCC1.[Mg+2]. The maximum absolute atomic E-state index is 13.4. The normalized spacial score (nSPS) is 14.1. The van der Waals surface area contributed by atoms with Crippen LogP contribution in [-0.4, -0.2) is 107 Å². The maximum atomic E-state index is 13.4. The Bertz CT molecular complexity index is 2070. The number of nitrogens with zero attached hydrogens (tertiary/aromatic N) is 4. The summed E-state index contributed by atoms with van der Waals surface area (Å²) in [4.78, 5) is 36.8. The van der Waals surface area contributed by atoms with E-state index in [1.54, 1.807) is 13.3 Å². The number of nitrogen functional groups attached to an aromatic ring is 2. The van der Waals surface area contributed by atoms with E-state index in [0.29, 0.717) is 18.7 Å². The minimum absolute atomic E-state index is 0. The van der Waals surface area contributed by atoms with Gasteiger partial charge in [-0.1, -0.05) is 44.6 Å². The van der Waals surface area contributed by atoms with Gasteiger partial charge >= 0.3 is 41.6 Å². The Morgan fingerprint density at radius 2 is 1.08 bits per heavy atom. The second-order valence-corrected chi connectivity index (χ2v) is 14.2. The van der Waals surface area contributed by atoms with Crippen molar-refractivity contribution >= 4 is 46.0 Å². The van der Waals surface area contributed by atoms with Crippen molar-refractivity contribution in [2.24, 2.45) is 11.8 Å². The summed E-state index contributed by atoms with van der Waals surface area (Å²) in [6.07, 6.45) is -3.57. The van der Waals surface area contributed by atoms with Crippen molar-refractivity contribution in [3.05, 3.63) is 89.9 Å². The van der Waals surface area contributed by atoms with Gasteiger partial charge in [0.15, 0.2) is 5.60 Å². The number of hydrogen-bond acceptors (Lipinski definition) is 13. The molecule has 5 N–H and O–H groups in total. The number of Topliss-reactive ketones (excluding diaryl/α,β-unsaturated/α-hetero) is 2. The Morgan fingerprint density at radius 3 is 1.45 bits per heavy atom. The number of aliphatic hydroxyl groups is 1. The van der Waals surface area contributed by atoms with Crippen molar-refractivity contribution in [3.63, 3.8) is 0 Å². The largest absolute Gasteiger partial charge is 2.00 e. The van der Waals surface area contributed by atoms with Gasteiger partial charge in [0.25, 0.3) is 11.6 Å². The Balaban J connectivity index is 0.000000835. The summed E-state index contributed by atoms with van der Waals surface area (Å²) in [5.74, 6) is -2.82. The van der Waals surface area contributed by atoms with Crippen LogP contribution in [0.5, 0.6) is 23.5 Å². The molecule has 24 heteroatoms. The first-order chi connectivity index (χ1) is 29.8. The smallest absolute Gasteiger partial charge is 1.00 e. The Morgan fingerprint density at radius 1 is 0.667 bits per heavy atom. The molecule has 2 aliphatic rings. The van der Waals surface area contributed by atoms with Crippen LogP contribution < -0.4 is 47.4 Å². The molecule has 6 rings (SSSR count). The van der Waals surface area contributed by atoms with Gasteiger partial charge in [-0.05, 0) is 50.5 Å². The molecule has 1 unspecified atom stereocenters. The molecule has 4 aromatic heterocycles. The average molecular weight is 1030 g/mol. The zero-order valence-electron chi connectivity index (χ0n) is 36.8. The zero-order chi connectivity index (χ0) is 48.6. The molecule has 2 saturated carbocycles. The third-order valence-electron chi connectivity index (χ3n) is 9.75. The number of alkyl halides is 9. The Labute approximate surface area is 402 Å². The zero-order valence-corrected chi connectivity index (χ0v) is 39.8. The molecule has 2 aliphatic carbocycles. The number of carbonyl (C=O) groups excluding carboxylic acids is 2. The minimum Gasteiger partial charge on any atom is -1.00 e. The first-order valence-corrected chi connectivity index (χ1v) is 19.2. The van der Waals surface area contributed by atoms with Gasteiger partial charge in [0.2, 0.25) is 23.5 Å². The number of anilines is 2. The number of aromatic nitrogens is 4. The molecule has 362 valence electrons. The third-order valence-corrected chi connectivity index (χ3v) is 9.75. The number of nitrogens with two attached hydrogens (primary N) is 2. The van der Waals surface area contributed by atoms with Gasteiger partial charge in [0, 0.05) is 47.0 Å². The number of ketones is 2. The van der Waals surface area contributed by atoms with E-state index in [9.17, 15) is 54.2 Å². The van der Waals surface area contributed by atoms with Crippen molar-refractivity contribution in [1.82, 2.24) is 19.9 Å². The summed E-state index contributed by atoms with van der Waals surface area (Å²) in [5, 5.41) is 10.3. The van der Waals surface area contributed by atoms with Gasteiger partial charge in [-0.25, -0.2) is 19.9 Å². The molecule has 0 spiro atoms. The number of halogens is 10. The Kier molecular flexibility index (Phi) is 25.3. The van der Waals surface area contributed by atoms with Gasteiger partial charge in [0.1, 0.15) is 11.4 Å². The van der Waals surface area contributed by atoms with Crippen LogP contribution in [0.25, 0.3) is 0 Å². The first-order valence-electron chi connectivity index (χ1n) is 19.2. The second-order valence-electron chi connectivity index (χ2n) is 14.2. The van der Waals surface area contributed by atoms with Gasteiger partial charge in [-0.2, -0.15) is 45.4 Å². The van der Waals surface area contributed by atoms with E-state index in [0.717, 1.165) is 54.7 Å². The molecular formula is C42H50BrF9MgN6O7. The van der Waals surface area contributed by atoms with E-state index in [1.165, 1.54) is 47.5 Å².